The molecular formula is C25H26N2O5S. The Hall–Kier alpha value is -3.65. The first-order chi connectivity index (χ1) is 16.0. The number of thioether (sulfide) groups is 1. The number of benzene rings is 3. The number of hydrogen-bond acceptors (Lipinski definition) is 6. The molecule has 0 saturated heterocycles. The summed E-state index contributed by atoms with van der Waals surface area (Å²) in [5.41, 5.74) is 1.78. The molecule has 0 heterocycles. The minimum Gasteiger partial charge on any atom is -0.494 e. The second-order valence-electron chi connectivity index (χ2n) is 6.85. The molecule has 7 nitrogen and oxygen atoms in total. The van der Waals surface area contributed by atoms with Crippen LogP contribution in [0.25, 0.3) is 0 Å². The van der Waals surface area contributed by atoms with Gasteiger partial charge in [0.15, 0.2) is 11.5 Å². The number of ether oxygens (including phenoxy) is 3. The van der Waals surface area contributed by atoms with E-state index in [0.717, 1.165) is 10.6 Å². The van der Waals surface area contributed by atoms with Crippen LogP contribution < -0.4 is 24.8 Å². The van der Waals surface area contributed by atoms with Crippen molar-refractivity contribution < 1.29 is 23.8 Å². The van der Waals surface area contributed by atoms with Gasteiger partial charge in [-0.25, -0.2) is 0 Å². The van der Waals surface area contributed by atoms with Gasteiger partial charge in [-0.2, -0.15) is 0 Å². The third kappa shape index (κ3) is 6.92. The van der Waals surface area contributed by atoms with Gasteiger partial charge >= 0.3 is 0 Å². The highest BCUT2D eigenvalue weighted by Crippen LogP contribution is 2.28. The van der Waals surface area contributed by atoms with Crippen molar-refractivity contribution in [3.05, 3.63) is 72.3 Å². The average Bonchev–Trinajstić information content (AvgIpc) is 2.84. The second-order valence-corrected chi connectivity index (χ2v) is 7.89. The highest BCUT2D eigenvalue weighted by atomic mass is 32.2. The number of amides is 2. The van der Waals surface area contributed by atoms with Crippen molar-refractivity contribution in [2.24, 2.45) is 0 Å². The van der Waals surface area contributed by atoms with Crippen molar-refractivity contribution in [3.8, 4) is 17.2 Å². The van der Waals surface area contributed by atoms with Gasteiger partial charge in [0.2, 0.25) is 5.91 Å². The van der Waals surface area contributed by atoms with Gasteiger partial charge in [0.25, 0.3) is 5.91 Å². The smallest absolute Gasteiger partial charge is 0.255 e. The van der Waals surface area contributed by atoms with E-state index in [4.69, 9.17) is 14.2 Å². The zero-order chi connectivity index (χ0) is 23.6. The molecule has 0 aliphatic carbocycles. The van der Waals surface area contributed by atoms with Gasteiger partial charge < -0.3 is 24.8 Å². The maximum absolute atomic E-state index is 12.6. The summed E-state index contributed by atoms with van der Waals surface area (Å²) in [5.74, 6) is 1.64. The van der Waals surface area contributed by atoms with E-state index < -0.39 is 0 Å². The van der Waals surface area contributed by atoms with E-state index in [1.165, 1.54) is 18.9 Å². The van der Waals surface area contributed by atoms with E-state index in [2.05, 4.69) is 10.6 Å². The Labute approximate surface area is 197 Å². The van der Waals surface area contributed by atoms with Crippen LogP contribution in [0.15, 0.2) is 71.6 Å². The van der Waals surface area contributed by atoms with E-state index >= 15 is 0 Å². The van der Waals surface area contributed by atoms with Crippen molar-refractivity contribution in [2.45, 2.75) is 11.8 Å². The van der Waals surface area contributed by atoms with Crippen molar-refractivity contribution >= 4 is 35.0 Å². The summed E-state index contributed by atoms with van der Waals surface area (Å²) >= 11 is 1.38. The van der Waals surface area contributed by atoms with Gasteiger partial charge in [-0.3, -0.25) is 9.59 Å². The molecule has 2 N–H and O–H groups in total. The molecule has 172 valence electrons. The first-order valence-corrected chi connectivity index (χ1v) is 11.3. The van der Waals surface area contributed by atoms with E-state index in [1.807, 2.05) is 37.3 Å². The molecule has 0 unspecified atom stereocenters. The lowest BCUT2D eigenvalue weighted by molar-refractivity contribution is -0.113. The monoisotopic (exact) mass is 466 g/mol. The zero-order valence-corrected chi connectivity index (χ0v) is 19.5. The minimum absolute atomic E-state index is 0.121. The van der Waals surface area contributed by atoms with Gasteiger partial charge in [0, 0.05) is 21.8 Å². The number of anilines is 2. The summed E-state index contributed by atoms with van der Waals surface area (Å²) in [7, 11) is 3.06. The molecule has 8 heteroatoms. The number of carbonyl (C=O) groups is 2. The van der Waals surface area contributed by atoms with Gasteiger partial charge in [0.05, 0.1) is 26.6 Å². The molecular weight excluding hydrogens is 440 g/mol. The van der Waals surface area contributed by atoms with Crippen LogP contribution in [0.1, 0.15) is 17.3 Å². The van der Waals surface area contributed by atoms with Crippen molar-refractivity contribution in [2.75, 3.05) is 37.2 Å². The number of carbonyl (C=O) groups excluding carboxylic acids is 2. The lowest BCUT2D eigenvalue weighted by atomic mass is 10.2. The summed E-state index contributed by atoms with van der Waals surface area (Å²) in [6.07, 6.45) is 0. The SMILES string of the molecule is CCOc1ccc(NC(=O)CSc2cccc(NC(=O)c3ccc(OC)c(OC)c3)c2)cc1. The normalized spacial score (nSPS) is 10.3. The number of rotatable bonds is 10. The Morgan fingerprint density at radius 1 is 0.848 bits per heavy atom. The lowest BCUT2D eigenvalue weighted by Crippen LogP contribution is -2.14. The van der Waals surface area contributed by atoms with Crippen LogP contribution in [0.2, 0.25) is 0 Å². The predicted octanol–water partition coefficient (Wildman–Crippen LogP) is 5.09. The predicted molar refractivity (Wildman–Crippen MR) is 131 cm³/mol. The van der Waals surface area contributed by atoms with E-state index in [9.17, 15) is 9.59 Å². The summed E-state index contributed by atoms with van der Waals surface area (Å²) in [5, 5.41) is 5.73. The molecule has 3 rings (SSSR count). The third-order valence-electron chi connectivity index (χ3n) is 4.56. The number of methoxy groups -OCH3 is 2. The first-order valence-electron chi connectivity index (χ1n) is 10.3. The van der Waals surface area contributed by atoms with Crippen LogP contribution in [-0.2, 0) is 4.79 Å². The Morgan fingerprint density at radius 3 is 2.30 bits per heavy atom. The lowest BCUT2D eigenvalue weighted by Gasteiger charge is -2.11. The molecule has 0 aliphatic heterocycles. The minimum atomic E-state index is -0.272. The van der Waals surface area contributed by atoms with Crippen molar-refractivity contribution in [1.82, 2.24) is 0 Å². The molecule has 3 aromatic carbocycles. The molecule has 2 amide bonds. The fourth-order valence-corrected chi connectivity index (χ4v) is 3.75. The summed E-state index contributed by atoms with van der Waals surface area (Å²) in [6, 6.07) is 19.6. The molecule has 0 saturated carbocycles. The largest absolute Gasteiger partial charge is 0.494 e. The molecule has 0 spiro atoms. The highest BCUT2D eigenvalue weighted by Gasteiger charge is 2.12. The third-order valence-corrected chi connectivity index (χ3v) is 5.55. The summed E-state index contributed by atoms with van der Waals surface area (Å²) < 4.78 is 15.9. The molecule has 0 aliphatic rings. The zero-order valence-electron chi connectivity index (χ0n) is 18.7. The molecule has 0 atom stereocenters. The van der Waals surface area contributed by atoms with Crippen molar-refractivity contribution in [3.63, 3.8) is 0 Å². The molecule has 3 aromatic rings. The van der Waals surface area contributed by atoms with Crippen LogP contribution in [0.5, 0.6) is 17.2 Å². The fraction of sp³-hybridized carbons (Fsp3) is 0.200. The van der Waals surface area contributed by atoms with E-state index in [0.29, 0.717) is 35.0 Å². The summed E-state index contributed by atoms with van der Waals surface area (Å²) in [6.45, 7) is 2.51. The Morgan fingerprint density at radius 2 is 1.61 bits per heavy atom. The van der Waals surface area contributed by atoms with Crippen LogP contribution in [-0.4, -0.2) is 38.4 Å². The number of nitrogens with one attached hydrogen (secondary N) is 2. The van der Waals surface area contributed by atoms with Crippen molar-refractivity contribution in [1.29, 1.82) is 0 Å². The number of hydrogen-bond donors (Lipinski definition) is 2. The standard InChI is InChI=1S/C25H26N2O5S/c1-4-32-20-11-9-18(10-12-20)26-24(28)16-33-21-7-5-6-19(15-21)27-25(29)17-8-13-22(30-2)23(14-17)31-3/h5-15H,4,16H2,1-3H3,(H,26,28)(H,27,29). The maximum Gasteiger partial charge on any atom is 0.255 e. The molecule has 33 heavy (non-hydrogen) atoms. The molecule has 0 aromatic heterocycles. The Balaban J connectivity index is 1.56. The second kappa shape index (κ2) is 11.8. The van der Waals surface area contributed by atoms with Crippen LogP contribution >= 0.6 is 11.8 Å². The molecule has 0 fully saturated rings. The first kappa shape index (κ1) is 24.0. The Kier molecular flexibility index (Phi) is 8.60. The maximum atomic E-state index is 12.6. The topological polar surface area (TPSA) is 85.9 Å². The van der Waals surface area contributed by atoms with Gasteiger partial charge in [-0.05, 0) is 67.6 Å². The molecule has 0 radical (unpaired) electrons. The van der Waals surface area contributed by atoms with Crippen LogP contribution in [0, 0.1) is 0 Å². The van der Waals surface area contributed by atoms with Gasteiger partial charge in [-0.15, -0.1) is 11.8 Å². The van der Waals surface area contributed by atoms with E-state index in [1.54, 1.807) is 43.5 Å². The fourth-order valence-electron chi connectivity index (χ4n) is 2.99. The van der Waals surface area contributed by atoms with Crippen LogP contribution in [0.4, 0.5) is 11.4 Å². The van der Waals surface area contributed by atoms with Gasteiger partial charge in [-0.1, -0.05) is 6.07 Å². The van der Waals surface area contributed by atoms with Crippen LogP contribution in [0.3, 0.4) is 0 Å². The highest BCUT2D eigenvalue weighted by molar-refractivity contribution is 8.00. The Bertz CT molecular complexity index is 1100. The van der Waals surface area contributed by atoms with E-state index in [-0.39, 0.29) is 17.6 Å². The average molecular weight is 467 g/mol. The van der Waals surface area contributed by atoms with Gasteiger partial charge in [0.1, 0.15) is 5.75 Å². The quantitative estimate of drug-likeness (QED) is 0.405. The summed E-state index contributed by atoms with van der Waals surface area (Å²) in [4.78, 5) is 25.8. The molecule has 0 bridgehead atoms.